The summed E-state index contributed by atoms with van der Waals surface area (Å²) in [4.78, 5) is 0.0542. The molecule has 0 unspecified atom stereocenters. The van der Waals surface area contributed by atoms with Gasteiger partial charge in [-0.1, -0.05) is 6.07 Å². The van der Waals surface area contributed by atoms with Gasteiger partial charge in [0, 0.05) is 11.8 Å². The molecule has 0 aliphatic rings. The van der Waals surface area contributed by atoms with Gasteiger partial charge in [-0.3, -0.25) is 0 Å². The van der Waals surface area contributed by atoms with E-state index in [4.69, 9.17) is 14.7 Å². The molecule has 0 amide bonds. The SMILES string of the molecule is COc1c(CC#N)ccc(S(C)(=O)=O)c1OC. The summed E-state index contributed by atoms with van der Waals surface area (Å²) < 4.78 is 33.3. The minimum Gasteiger partial charge on any atom is -0.492 e. The van der Waals surface area contributed by atoms with Crippen LogP contribution in [0.15, 0.2) is 17.0 Å². The smallest absolute Gasteiger partial charge is 0.179 e. The third-order valence-corrected chi connectivity index (χ3v) is 3.36. The number of sulfone groups is 1. The monoisotopic (exact) mass is 255 g/mol. The van der Waals surface area contributed by atoms with Gasteiger partial charge in [0.05, 0.1) is 26.7 Å². The van der Waals surface area contributed by atoms with Gasteiger partial charge in [-0.15, -0.1) is 0 Å². The van der Waals surface area contributed by atoms with E-state index in [0.717, 1.165) is 6.26 Å². The van der Waals surface area contributed by atoms with Crippen molar-refractivity contribution >= 4 is 9.84 Å². The van der Waals surface area contributed by atoms with E-state index in [-0.39, 0.29) is 22.8 Å². The summed E-state index contributed by atoms with van der Waals surface area (Å²) in [6.45, 7) is 0. The Hall–Kier alpha value is -1.74. The lowest BCUT2D eigenvalue weighted by molar-refractivity contribution is 0.344. The Bertz CT molecular complexity index is 558. The standard InChI is InChI=1S/C11H13NO4S/c1-15-10-8(6-7-12)4-5-9(11(10)16-2)17(3,13)14/h4-5H,6H2,1-3H3. The normalized spacial score (nSPS) is 10.7. The summed E-state index contributed by atoms with van der Waals surface area (Å²) in [7, 11) is -0.626. The number of ether oxygens (including phenoxy) is 2. The van der Waals surface area contributed by atoms with Crippen molar-refractivity contribution in [2.24, 2.45) is 0 Å². The highest BCUT2D eigenvalue weighted by Crippen LogP contribution is 2.37. The molecular formula is C11H13NO4S. The Labute approximate surface area is 101 Å². The van der Waals surface area contributed by atoms with Crippen LogP contribution in [0.25, 0.3) is 0 Å². The van der Waals surface area contributed by atoms with Gasteiger partial charge in [-0.25, -0.2) is 8.42 Å². The summed E-state index contributed by atoms with van der Waals surface area (Å²) in [5.41, 5.74) is 0.597. The Morgan fingerprint density at radius 2 is 1.82 bits per heavy atom. The summed E-state index contributed by atoms with van der Waals surface area (Å²) in [6.07, 6.45) is 1.22. The second kappa shape index (κ2) is 5.06. The fraction of sp³-hybridized carbons (Fsp3) is 0.364. The number of hydrogen-bond donors (Lipinski definition) is 0. The molecular weight excluding hydrogens is 242 g/mol. The molecule has 0 aliphatic heterocycles. The van der Waals surface area contributed by atoms with E-state index in [1.807, 2.05) is 6.07 Å². The van der Waals surface area contributed by atoms with Gasteiger partial charge in [0.15, 0.2) is 21.3 Å². The van der Waals surface area contributed by atoms with Crippen LogP contribution in [0.3, 0.4) is 0 Å². The first kappa shape index (κ1) is 13.3. The van der Waals surface area contributed by atoms with Gasteiger partial charge in [0.1, 0.15) is 4.90 Å². The predicted octanol–water partition coefficient (Wildman–Crippen LogP) is 1.17. The molecule has 0 heterocycles. The molecule has 1 aromatic carbocycles. The van der Waals surface area contributed by atoms with Crippen molar-refractivity contribution in [1.29, 1.82) is 5.26 Å². The van der Waals surface area contributed by atoms with Crippen molar-refractivity contribution < 1.29 is 17.9 Å². The fourth-order valence-corrected chi connectivity index (χ4v) is 2.35. The average molecular weight is 255 g/mol. The molecule has 0 saturated heterocycles. The Kier molecular flexibility index (Phi) is 3.97. The van der Waals surface area contributed by atoms with Crippen molar-refractivity contribution in [2.75, 3.05) is 20.5 Å². The number of hydrogen-bond acceptors (Lipinski definition) is 5. The number of rotatable bonds is 4. The van der Waals surface area contributed by atoms with Gasteiger partial charge >= 0.3 is 0 Å². The second-order valence-corrected chi connectivity index (χ2v) is 5.38. The van der Waals surface area contributed by atoms with E-state index in [1.165, 1.54) is 20.3 Å². The van der Waals surface area contributed by atoms with E-state index >= 15 is 0 Å². The lowest BCUT2D eigenvalue weighted by atomic mass is 10.1. The van der Waals surface area contributed by atoms with Crippen molar-refractivity contribution in [3.8, 4) is 17.6 Å². The summed E-state index contributed by atoms with van der Waals surface area (Å²) >= 11 is 0. The molecule has 0 fully saturated rings. The zero-order chi connectivity index (χ0) is 13.1. The first-order chi connectivity index (χ1) is 7.95. The molecule has 0 N–H and O–H groups in total. The molecule has 0 spiro atoms. The van der Waals surface area contributed by atoms with Crippen LogP contribution >= 0.6 is 0 Å². The molecule has 6 heteroatoms. The van der Waals surface area contributed by atoms with Gasteiger partial charge in [-0.05, 0) is 6.07 Å². The molecule has 0 aliphatic carbocycles. The highest BCUT2D eigenvalue weighted by molar-refractivity contribution is 7.90. The Balaban J connectivity index is 3.55. The lowest BCUT2D eigenvalue weighted by Crippen LogP contribution is -2.04. The predicted molar refractivity (Wildman–Crippen MR) is 62.0 cm³/mol. The third kappa shape index (κ3) is 2.68. The Morgan fingerprint density at radius 1 is 1.24 bits per heavy atom. The fourth-order valence-electron chi connectivity index (χ4n) is 1.52. The number of nitrogens with zero attached hydrogens (tertiary/aromatic N) is 1. The van der Waals surface area contributed by atoms with Crippen LogP contribution in [0.1, 0.15) is 5.56 Å². The number of methoxy groups -OCH3 is 2. The van der Waals surface area contributed by atoms with E-state index in [2.05, 4.69) is 0 Å². The van der Waals surface area contributed by atoms with Crippen LogP contribution in [0.4, 0.5) is 0 Å². The maximum atomic E-state index is 11.5. The zero-order valence-electron chi connectivity index (χ0n) is 9.85. The number of benzene rings is 1. The van der Waals surface area contributed by atoms with Crippen LogP contribution in [0.5, 0.6) is 11.5 Å². The van der Waals surface area contributed by atoms with Crippen LogP contribution in [0, 0.1) is 11.3 Å². The highest BCUT2D eigenvalue weighted by Gasteiger charge is 2.21. The second-order valence-electron chi connectivity index (χ2n) is 3.40. The van der Waals surface area contributed by atoms with Crippen molar-refractivity contribution in [2.45, 2.75) is 11.3 Å². The van der Waals surface area contributed by atoms with Gasteiger partial charge in [0.25, 0.3) is 0 Å². The van der Waals surface area contributed by atoms with Gasteiger partial charge in [-0.2, -0.15) is 5.26 Å². The van der Waals surface area contributed by atoms with Crippen LogP contribution < -0.4 is 9.47 Å². The lowest BCUT2D eigenvalue weighted by Gasteiger charge is -2.14. The minimum atomic E-state index is -3.40. The van der Waals surface area contributed by atoms with E-state index < -0.39 is 9.84 Å². The maximum Gasteiger partial charge on any atom is 0.179 e. The minimum absolute atomic E-state index is 0.0542. The van der Waals surface area contributed by atoms with Crippen LogP contribution in [-0.4, -0.2) is 28.9 Å². The molecule has 0 saturated carbocycles. The molecule has 0 radical (unpaired) electrons. The van der Waals surface area contributed by atoms with Gasteiger partial charge < -0.3 is 9.47 Å². The van der Waals surface area contributed by atoms with Crippen molar-refractivity contribution in [3.05, 3.63) is 17.7 Å². The molecule has 0 aromatic heterocycles. The topological polar surface area (TPSA) is 76.4 Å². The quantitative estimate of drug-likeness (QED) is 0.807. The summed E-state index contributed by atoms with van der Waals surface area (Å²) in [6, 6.07) is 4.96. The zero-order valence-corrected chi connectivity index (χ0v) is 10.7. The summed E-state index contributed by atoms with van der Waals surface area (Å²) in [5, 5.41) is 8.67. The molecule has 5 nitrogen and oxygen atoms in total. The van der Waals surface area contributed by atoms with Crippen molar-refractivity contribution in [1.82, 2.24) is 0 Å². The van der Waals surface area contributed by atoms with E-state index in [0.29, 0.717) is 5.56 Å². The largest absolute Gasteiger partial charge is 0.492 e. The van der Waals surface area contributed by atoms with Crippen LogP contribution in [-0.2, 0) is 16.3 Å². The molecule has 0 atom stereocenters. The van der Waals surface area contributed by atoms with Crippen molar-refractivity contribution in [3.63, 3.8) is 0 Å². The van der Waals surface area contributed by atoms with Gasteiger partial charge in [0.2, 0.25) is 0 Å². The third-order valence-electron chi connectivity index (χ3n) is 2.23. The highest BCUT2D eigenvalue weighted by atomic mass is 32.2. The van der Waals surface area contributed by atoms with E-state index in [1.54, 1.807) is 6.07 Å². The number of nitriles is 1. The maximum absolute atomic E-state index is 11.5. The molecule has 92 valence electrons. The average Bonchev–Trinajstić information content (AvgIpc) is 2.27. The van der Waals surface area contributed by atoms with Crippen LogP contribution in [0.2, 0.25) is 0 Å². The molecule has 1 rings (SSSR count). The molecule has 1 aromatic rings. The first-order valence-corrected chi connectivity index (χ1v) is 6.65. The first-order valence-electron chi connectivity index (χ1n) is 4.76. The van der Waals surface area contributed by atoms with E-state index in [9.17, 15) is 8.42 Å². The Morgan fingerprint density at radius 3 is 2.24 bits per heavy atom. The summed E-state index contributed by atoms with van der Waals surface area (Å²) in [5.74, 6) is 0.430. The molecule has 0 bridgehead atoms. The molecule has 17 heavy (non-hydrogen) atoms.